The molecule has 1 fully saturated rings. The third-order valence-electron chi connectivity index (χ3n) is 4.28. The van der Waals surface area contributed by atoms with Gasteiger partial charge in [0.1, 0.15) is 5.75 Å². The number of benzene rings is 1. The molecule has 0 aliphatic heterocycles. The van der Waals surface area contributed by atoms with Gasteiger partial charge in [0.25, 0.3) is 0 Å². The van der Waals surface area contributed by atoms with Crippen molar-refractivity contribution in [3.8, 4) is 5.75 Å². The maximum atomic E-state index is 5.36. The molecule has 3 heteroatoms. The highest BCUT2D eigenvalue weighted by molar-refractivity contribution is 9.10. The van der Waals surface area contributed by atoms with E-state index in [0.717, 1.165) is 18.7 Å². The van der Waals surface area contributed by atoms with Gasteiger partial charge in [-0.1, -0.05) is 35.2 Å². The summed E-state index contributed by atoms with van der Waals surface area (Å²) in [7, 11) is 3.80. The van der Waals surface area contributed by atoms with Gasteiger partial charge in [-0.3, -0.25) is 0 Å². The zero-order chi connectivity index (χ0) is 13.7. The van der Waals surface area contributed by atoms with Crippen LogP contribution in [0.2, 0.25) is 0 Å². The number of nitrogens with one attached hydrogen (secondary N) is 1. The van der Waals surface area contributed by atoms with E-state index in [0.29, 0.717) is 5.41 Å². The van der Waals surface area contributed by atoms with Crippen LogP contribution in [-0.2, 0) is 6.42 Å². The topological polar surface area (TPSA) is 21.3 Å². The predicted octanol–water partition coefficient (Wildman–Crippen LogP) is 4.17. The zero-order valence-electron chi connectivity index (χ0n) is 12.0. The number of hydrogen-bond donors (Lipinski definition) is 1. The molecule has 19 heavy (non-hydrogen) atoms. The van der Waals surface area contributed by atoms with Crippen molar-refractivity contribution in [1.82, 2.24) is 5.32 Å². The first-order valence-electron chi connectivity index (χ1n) is 7.16. The van der Waals surface area contributed by atoms with E-state index in [9.17, 15) is 0 Å². The van der Waals surface area contributed by atoms with Crippen LogP contribution in [0.5, 0.6) is 5.75 Å². The van der Waals surface area contributed by atoms with Gasteiger partial charge in [0.05, 0.1) is 7.11 Å². The first kappa shape index (κ1) is 14.9. The predicted molar refractivity (Wildman–Crippen MR) is 83.8 cm³/mol. The molecule has 2 rings (SSSR count). The fraction of sp³-hybridized carbons (Fsp3) is 0.625. The third kappa shape index (κ3) is 3.73. The Morgan fingerprint density at radius 3 is 2.63 bits per heavy atom. The summed E-state index contributed by atoms with van der Waals surface area (Å²) in [5.74, 6) is 0.952. The summed E-state index contributed by atoms with van der Waals surface area (Å²) < 4.78 is 6.56. The molecule has 1 aromatic carbocycles. The van der Waals surface area contributed by atoms with Crippen molar-refractivity contribution in [3.05, 3.63) is 28.2 Å². The molecule has 2 nitrogen and oxygen atoms in total. The standard InChI is InChI=1S/C16H24BrNO/c1-18-12-16(8-4-3-5-9-16)11-13-10-14(19-2)6-7-15(13)17/h6-7,10,18H,3-5,8-9,11-12H2,1-2H3. The fourth-order valence-corrected chi connectivity index (χ4v) is 3.70. The van der Waals surface area contributed by atoms with E-state index in [4.69, 9.17) is 4.74 Å². The molecule has 106 valence electrons. The maximum absolute atomic E-state index is 5.36. The lowest BCUT2D eigenvalue weighted by molar-refractivity contribution is 0.184. The summed E-state index contributed by atoms with van der Waals surface area (Å²) in [5, 5.41) is 3.40. The van der Waals surface area contributed by atoms with Crippen molar-refractivity contribution in [3.63, 3.8) is 0 Å². The number of halogens is 1. The first-order chi connectivity index (χ1) is 9.19. The van der Waals surface area contributed by atoms with Gasteiger partial charge in [0.2, 0.25) is 0 Å². The number of hydrogen-bond acceptors (Lipinski definition) is 2. The minimum Gasteiger partial charge on any atom is -0.497 e. The molecule has 0 aromatic heterocycles. The molecule has 0 atom stereocenters. The molecule has 0 spiro atoms. The normalized spacial score (nSPS) is 18.3. The Morgan fingerprint density at radius 1 is 1.26 bits per heavy atom. The number of rotatable bonds is 5. The molecular weight excluding hydrogens is 302 g/mol. The van der Waals surface area contributed by atoms with Crippen LogP contribution >= 0.6 is 15.9 Å². The zero-order valence-corrected chi connectivity index (χ0v) is 13.6. The van der Waals surface area contributed by atoms with Crippen molar-refractivity contribution in [1.29, 1.82) is 0 Å². The molecule has 0 radical (unpaired) electrons. The Hall–Kier alpha value is -0.540. The van der Waals surface area contributed by atoms with Crippen LogP contribution in [0.4, 0.5) is 0 Å². The van der Waals surface area contributed by atoms with Crippen LogP contribution in [0.25, 0.3) is 0 Å². The van der Waals surface area contributed by atoms with E-state index in [1.165, 1.54) is 42.1 Å². The highest BCUT2D eigenvalue weighted by atomic mass is 79.9. The second-order valence-corrected chi connectivity index (χ2v) is 6.58. The first-order valence-corrected chi connectivity index (χ1v) is 7.95. The van der Waals surface area contributed by atoms with Gasteiger partial charge in [-0.2, -0.15) is 0 Å². The molecule has 0 amide bonds. The molecule has 1 aliphatic rings. The van der Waals surface area contributed by atoms with Crippen LogP contribution < -0.4 is 10.1 Å². The minimum absolute atomic E-state index is 0.419. The second kappa shape index (κ2) is 6.76. The smallest absolute Gasteiger partial charge is 0.119 e. The van der Waals surface area contributed by atoms with E-state index >= 15 is 0 Å². The van der Waals surface area contributed by atoms with Crippen molar-refractivity contribution in [2.45, 2.75) is 38.5 Å². The van der Waals surface area contributed by atoms with Crippen LogP contribution in [0.1, 0.15) is 37.7 Å². The molecule has 0 saturated heterocycles. The second-order valence-electron chi connectivity index (χ2n) is 5.73. The summed E-state index contributed by atoms with van der Waals surface area (Å²) in [6, 6.07) is 6.29. The lowest BCUT2D eigenvalue weighted by Crippen LogP contribution is -2.36. The summed E-state index contributed by atoms with van der Waals surface area (Å²) >= 11 is 3.69. The highest BCUT2D eigenvalue weighted by Crippen LogP contribution is 2.40. The summed E-state index contributed by atoms with van der Waals surface area (Å²) in [6.07, 6.45) is 7.91. The molecule has 0 unspecified atom stereocenters. The van der Waals surface area contributed by atoms with E-state index < -0.39 is 0 Å². The van der Waals surface area contributed by atoms with Crippen molar-refractivity contribution < 1.29 is 4.74 Å². The average molecular weight is 326 g/mol. The number of methoxy groups -OCH3 is 1. The fourth-order valence-electron chi connectivity index (χ4n) is 3.31. The maximum Gasteiger partial charge on any atom is 0.119 e. The van der Waals surface area contributed by atoms with Crippen molar-refractivity contribution in [2.75, 3.05) is 20.7 Å². The van der Waals surface area contributed by atoms with Crippen LogP contribution in [0, 0.1) is 5.41 Å². The Balaban J connectivity index is 2.20. The Labute approximate surface area is 125 Å². The molecule has 1 N–H and O–H groups in total. The van der Waals surface area contributed by atoms with E-state index in [-0.39, 0.29) is 0 Å². The summed E-state index contributed by atoms with van der Waals surface area (Å²) in [5.41, 5.74) is 1.79. The molecule has 1 saturated carbocycles. The van der Waals surface area contributed by atoms with E-state index in [2.05, 4.69) is 40.4 Å². The van der Waals surface area contributed by atoms with Crippen molar-refractivity contribution in [2.24, 2.45) is 5.41 Å². The Kier molecular flexibility index (Phi) is 5.28. The van der Waals surface area contributed by atoms with Gasteiger partial charge in [0, 0.05) is 11.0 Å². The van der Waals surface area contributed by atoms with Gasteiger partial charge in [-0.05, 0) is 55.5 Å². The summed E-state index contributed by atoms with van der Waals surface area (Å²) in [4.78, 5) is 0. The van der Waals surface area contributed by atoms with Gasteiger partial charge in [-0.25, -0.2) is 0 Å². The molecular formula is C16H24BrNO. The van der Waals surface area contributed by atoms with Crippen molar-refractivity contribution >= 4 is 15.9 Å². The average Bonchev–Trinajstić information content (AvgIpc) is 2.42. The Bertz CT molecular complexity index is 408. The summed E-state index contributed by atoms with van der Waals surface area (Å²) in [6.45, 7) is 1.11. The molecule has 0 heterocycles. The lowest BCUT2D eigenvalue weighted by atomic mass is 9.70. The molecule has 1 aliphatic carbocycles. The van der Waals surface area contributed by atoms with Gasteiger partial charge in [0.15, 0.2) is 0 Å². The largest absolute Gasteiger partial charge is 0.497 e. The van der Waals surface area contributed by atoms with Crippen LogP contribution in [0.15, 0.2) is 22.7 Å². The third-order valence-corrected chi connectivity index (χ3v) is 5.06. The lowest BCUT2D eigenvalue weighted by Gasteiger charge is -2.38. The Morgan fingerprint density at radius 2 is 2.00 bits per heavy atom. The van der Waals surface area contributed by atoms with E-state index in [1.807, 2.05) is 6.07 Å². The van der Waals surface area contributed by atoms with Crippen LogP contribution in [-0.4, -0.2) is 20.7 Å². The van der Waals surface area contributed by atoms with Crippen LogP contribution in [0.3, 0.4) is 0 Å². The number of ether oxygens (including phenoxy) is 1. The SMILES string of the molecule is CNCC1(Cc2cc(OC)ccc2Br)CCCCC1. The quantitative estimate of drug-likeness (QED) is 0.877. The highest BCUT2D eigenvalue weighted by Gasteiger charge is 2.32. The molecule has 1 aromatic rings. The monoisotopic (exact) mass is 325 g/mol. The van der Waals surface area contributed by atoms with Gasteiger partial charge < -0.3 is 10.1 Å². The van der Waals surface area contributed by atoms with E-state index in [1.54, 1.807) is 7.11 Å². The minimum atomic E-state index is 0.419. The van der Waals surface area contributed by atoms with Gasteiger partial charge in [-0.15, -0.1) is 0 Å². The van der Waals surface area contributed by atoms with Gasteiger partial charge >= 0.3 is 0 Å². The molecule has 0 bridgehead atoms.